The molecule has 1 amide bonds. The van der Waals surface area contributed by atoms with Crippen LogP contribution in [-0.4, -0.2) is 32.9 Å². The number of rotatable bonds is 6. The number of esters is 1. The largest absolute Gasteiger partial charge is 0.452 e. The van der Waals surface area contributed by atoms with E-state index in [1.807, 2.05) is 19.1 Å². The Labute approximate surface area is 190 Å². The van der Waals surface area contributed by atoms with Crippen molar-refractivity contribution in [1.82, 2.24) is 0 Å². The molecule has 9 heteroatoms. The van der Waals surface area contributed by atoms with E-state index in [0.717, 1.165) is 11.6 Å². The summed E-state index contributed by atoms with van der Waals surface area (Å²) in [5.41, 5.74) is 1.78. The van der Waals surface area contributed by atoms with Crippen molar-refractivity contribution in [3.63, 3.8) is 0 Å². The monoisotopic (exact) mass is 468 g/mol. The third-order valence-electron chi connectivity index (χ3n) is 5.21. The van der Waals surface area contributed by atoms with Gasteiger partial charge in [-0.3, -0.25) is 9.10 Å². The molecule has 0 aromatic heterocycles. The molecule has 0 saturated carbocycles. The van der Waals surface area contributed by atoms with Crippen LogP contribution in [0.4, 0.5) is 15.8 Å². The van der Waals surface area contributed by atoms with Crippen LogP contribution in [-0.2, 0) is 26.0 Å². The van der Waals surface area contributed by atoms with Crippen molar-refractivity contribution < 1.29 is 27.1 Å². The molecule has 1 aliphatic rings. The first-order chi connectivity index (χ1) is 15.8. The normalized spacial score (nSPS) is 15.1. The Morgan fingerprint density at radius 2 is 1.82 bits per heavy atom. The molecule has 4 rings (SSSR count). The molecule has 170 valence electrons. The number of carbonyl (C=O) groups excluding carboxylic acids is 2. The Bertz CT molecular complexity index is 1330. The molecule has 0 aliphatic carbocycles. The second kappa shape index (κ2) is 9.03. The quantitative estimate of drug-likeness (QED) is 0.556. The zero-order valence-corrected chi connectivity index (χ0v) is 18.5. The first kappa shape index (κ1) is 22.5. The zero-order chi connectivity index (χ0) is 23.6. The van der Waals surface area contributed by atoms with Gasteiger partial charge in [0.05, 0.1) is 16.1 Å². The Hall–Kier alpha value is -3.72. The van der Waals surface area contributed by atoms with Crippen LogP contribution in [0.3, 0.4) is 0 Å². The lowest BCUT2D eigenvalue weighted by atomic mass is 10.1. The summed E-state index contributed by atoms with van der Waals surface area (Å²) in [5, 5.41) is 2.42. The van der Waals surface area contributed by atoms with E-state index in [0.29, 0.717) is 12.1 Å². The van der Waals surface area contributed by atoms with Crippen molar-refractivity contribution >= 4 is 33.3 Å². The van der Waals surface area contributed by atoms with Gasteiger partial charge in [0, 0.05) is 11.7 Å². The van der Waals surface area contributed by atoms with Crippen LogP contribution in [0.2, 0.25) is 0 Å². The van der Waals surface area contributed by atoms with Crippen LogP contribution in [0, 0.1) is 5.82 Å². The van der Waals surface area contributed by atoms with Gasteiger partial charge in [-0.25, -0.2) is 17.6 Å². The number of para-hydroxylation sites is 1. The second-order valence-corrected chi connectivity index (χ2v) is 9.46. The van der Waals surface area contributed by atoms with Gasteiger partial charge in [-0.15, -0.1) is 0 Å². The fraction of sp³-hybridized carbons (Fsp3) is 0.167. The highest BCUT2D eigenvalue weighted by Crippen LogP contribution is 2.36. The summed E-state index contributed by atoms with van der Waals surface area (Å²) in [7, 11) is -3.92. The van der Waals surface area contributed by atoms with Crippen molar-refractivity contribution in [2.45, 2.75) is 24.3 Å². The van der Waals surface area contributed by atoms with E-state index in [-0.39, 0.29) is 22.2 Å². The fourth-order valence-electron chi connectivity index (χ4n) is 3.78. The van der Waals surface area contributed by atoms with Gasteiger partial charge >= 0.3 is 5.97 Å². The SMILES string of the molecule is CC1Cc2ccccc2N1S(=O)(=O)c1cccc(C(=O)OCC(=O)Nc2cccc(F)c2)c1. The number of hydrogen-bond acceptors (Lipinski definition) is 5. The van der Waals surface area contributed by atoms with Gasteiger partial charge in [0.25, 0.3) is 15.9 Å². The van der Waals surface area contributed by atoms with Gasteiger partial charge in [0.2, 0.25) is 0 Å². The molecular weight excluding hydrogens is 447 g/mol. The third-order valence-corrected chi connectivity index (χ3v) is 7.14. The first-order valence-corrected chi connectivity index (χ1v) is 11.6. The minimum atomic E-state index is -3.92. The number of halogens is 1. The first-order valence-electron chi connectivity index (χ1n) is 10.2. The average molecular weight is 469 g/mol. The topological polar surface area (TPSA) is 92.8 Å². The molecule has 1 aliphatic heterocycles. The maximum atomic E-state index is 13.4. The van der Waals surface area contributed by atoms with E-state index in [9.17, 15) is 22.4 Å². The lowest BCUT2D eigenvalue weighted by molar-refractivity contribution is -0.119. The fourth-order valence-corrected chi connectivity index (χ4v) is 5.52. The summed E-state index contributed by atoms with van der Waals surface area (Å²) < 4.78 is 46.3. The summed E-state index contributed by atoms with van der Waals surface area (Å²) in [6.45, 7) is 1.22. The Morgan fingerprint density at radius 3 is 2.61 bits per heavy atom. The van der Waals surface area contributed by atoms with E-state index < -0.39 is 34.3 Å². The minimum Gasteiger partial charge on any atom is -0.452 e. The highest BCUT2D eigenvalue weighted by atomic mass is 32.2. The van der Waals surface area contributed by atoms with Crippen LogP contribution in [0.25, 0.3) is 0 Å². The number of nitrogens with one attached hydrogen (secondary N) is 1. The van der Waals surface area contributed by atoms with Crippen molar-refractivity contribution in [3.8, 4) is 0 Å². The summed E-state index contributed by atoms with van der Waals surface area (Å²) >= 11 is 0. The number of benzene rings is 3. The predicted octanol–water partition coefficient (Wildman–Crippen LogP) is 3.76. The van der Waals surface area contributed by atoms with Crippen molar-refractivity contribution in [1.29, 1.82) is 0 Å². The molecular formula is C24H21FN2O5S. The second-order valence-electron chi connectivity index (χ2n) is 7.65. The van der Waals surface area contributed by atoms with E-state index in [4.69, 9.17) is 4.74 Å². The van der Waals surface area contributed by atoms with Gasteiger partial charge < -0.3 is 10.1 Å². The Balaban J connectivity index is 1.47. The molecule has 3 aromatic carbocycles. The average Bonchev–Trinajstić information content (AvgIpc) is 3.14. The van der Waals surface area contributed by atoms with Gasteiger partial charge in [0.1, 0.15) is 5.82 Å². The minimum absolute atomic E-state index is 0.00485. The number of sulfonamides is 1. The van der Waals surface area contributed by atoms with Crippen molar-refractivity contribution in [2.75, 3.05) is 16.2 Å². The molecule has 1 heterocycles. The molecule has 7 nitrogen and oxygen atoms in total. The highest BCUT2D eigenvalue weighted by molar-refractivity contribution is 7.92. The maximum Gasteiger partial charge on any atom is 0.338 e. The molecule has 0 spiro atoms. The number of amides is 1. The Morgan fingerprint density at radius 1 is 1.06 bits per heavy atom. The third kappa shape index (κ3) is 4.73. The zero-order valence-electron chi connectivity index (χ0n) is 17.7. The van der Waals surface area contributed by atoms with E-state index in [2.05, 4.69) is 5.32 Å². The smallest absolute Gasteiger partial charge is 0.338 e. The van der Waals surface area contributed by atoms with Crippen molar-refractivity contribution in [2.24, 2.45) is 0 Å². The standard InChI is InChI=1S/C24H21FN2O5S/c1-16-12-17-6-2-3-11-22(17)27(16)33(30,31)21-10-4-7-18(13-21)24(29)32-15-23(28)26-20-9-5-8-19(25)14-20/h2-11,13-14,16H,12,15H2,1H3,(H,26,28). The molecule has 0 radical (unpaired) electrons. The molecule has 33 heavy (non-hydrogen) atoms. The maximum absolute atomic E-state index is 13.4. The van der Waals surface area contributed by atoms with Gasteiger partial charge in [0.15, 0.2) is 6.61 Å². The number of fused-ring (bicyclic) bond motifs is 1. The lowest BCUT2D eigenvalue weighted by Crippen LogP contribution is -2.35. The van der Waals surface area contributed by atoms with E-state index in [1.54, 1.807) is 12.1 Å². The Kier molecular flexibility index (Phi) is 6.15. The summed E-state index contributed by atoms with van der Waals surface area (Å²) in [6, 6.07) is 17.8. The van der Waals surface area contributed by atoms with E-state index >= 15 is 0 Å². The molecule has 0 fully saturated rings. The number of nitrogens with zero attached hydrogens (tertiary/aromatic N) is 1. The summed E-state index contributed by atoms with van der Waals surface area (Å²) in [5.74, 6) is -2.02. The summed E-state index contributed by atoms with van der Waals surface area (Å²) in [4.78, 5) is 24.4. The van der Waals surface area contributed by atoms with Crippen LogP contribution >= 0.6 is 0 Å². The number of anilines is 2. The summed E-state index contributed by atoms with van der Waals surface area (Å²) in [6.07, 6.45) is 0.595. The molecule has 1 atom stereocenters. The van der Waals surface area contributed by atoms with Crippen LogP contribution in [0.15, 0.2) is 77.7 Å². The molecule has 0 bridgehead atoms. The van der Waals surface area contributed by atoms with Crippen molar-refractivity contribution in [3.05, 3.63) is 89.7 Å². The molecule has 0 saturated heterocycles. The van der Waals surface area contributed by atoms with Crippen LogP contribution in [0.5, 0.6) is 0 Å². The predicted molar refractivity (Wildman–Crippen MR) is 121 cm³/mol. The number of carbonyl (C=O) groups is 2. The van der Waals surface area contributed by atoms with Gasteiger partial charge in [-0.2, -0.15) is 0 Å². The molecule has 1 unspecified atom stereocenters. The number of hydrogen-bond donors (Lipinski definition) is 1. The van der Waals surface area contributed by atoms with Crippen LogP contribution in [0.1, 0.15) is 22.8 Å². The van der Waals surface area contributed by atoms with E-state index in [1.165, 1.54) is 46.8 Å². The van der Waals surface area contributed by atoms with Gasteiger partial charge in [-0.05, 0) is 61.4 Å². The number of ether oxygens (including phenoxy) is 1. The van der Waals surface area contributed by atoms with Crippen LogP contribution < -0.4 is 9.62 Å². The van der Waals surface area contributed by atoms with Gasteiger partial charge in [-0.1, -0.05) is 30.3 Å². The molecule has 3 aromatic rings. The highest BCUT2D eigenvalue weighted by Gasteiger charge is 2.36. The lowest BCUT2D eigenvalue weighted by Gasteiger charge is -2.24. The molecule has 1 N–H and O–H groups in total.